The molecule has 0 N–H and O–H groups in total. The van der Waals surface area contributed by atoms with E-state index >= 15 is 0 Å². The van der Waals surface area contributed by atoms with E-state index in [0.717, 1.165) is 7.11 Å². The number of carbonyl (C=O) groups is 2. The van der Waals surface area contributed by atoms with Gasteiger partial charge in [0, 0.05) is 6.07 Å². The molecule has 0 aromatic heterocycles. The van der Waals surface area contributed by atoms with Crippen LogP contribution in [0.4, 0.5) is 5.69 Å². The van der Waals surface area contributed by atoms with Crippen molar-refractivity contribution in [2.75, 3.05) is 7.11 Å². The number of benzene rings is 2. The second-order valence-corrected chi connectivity index (χ2v) is 4.90. The number of rotatable bonds is 5. The highest BCUT2D eigenvalue weighted by Crippen LogP contribution is 2.22. The van der Waals surface area contributed by atoms with Gasteiger partial charge in [0.1, 0.15) is 23.0 Å². The van der Waals surface area contributed by atoms with Crippen LogP contribution in [0.15, 0.2) is 54.1 Å². The van der Waals surface area contributed by atoms with Crippen molar-refractivity contribution in [2.45, 2.75) is 0 Å². The van der Waals surface area contributed by atoms with Crippen LogP contribution in [0.3, 0.4) is 0 Å². The molecular weight excluding hydrogens is 340 g/mol. The van der Waals surface area contributed by atoms with E-state index in [4.69, 9.17) is 10.00 Å². The van der Waals surface area contributed by atoms with Gasteiger partial charge in [-0.3, -0.25) is 10.1 Å². The Morgan fingerprint density at radius 3 is 2.58 bits per heavy atom. The quantitative estimate of drug-likeness (QED) is 0.203. The number of nitro benzene ring substituents is 1. The molecule has 0 fully saturated rings. The smallest absolute Gasteiger partial charge is 0.350 e. The zero-order chi connectivity index (χ0) is 19.1. The first-order valence-electron chi connectivity index (χ1n) is 7.22. The number of nitro groups is 1. The minimum atomic E-state index is -0.896. The normalized spacial score (nSPS) is 10.5. The van der Waals surface area contributed by atoms with Crippen molar-refractivity contribution in [2.24, 2.45) is 0 Å². The second-order valence-electron chi connectivity index (χ2n) is 4.90. The second kappa shape index (κ2) is 8.21. The van der Waals surface area contributed by atoms with Crippen LogP contribution >= 0.6 is 0 Å². The summed E-state index contributed by atoms with van der Waals surface area (Å²) in [6.07, 6.45) is 1.27. The summed E-state index contributed by atoms with van der Waals surface area (Å²) in [4.78, 5) is 34.0. The molecule has 0 aliphatic carbocycles. The van der Waals surface area contributed by atoms with Gasteiger partial charge in [-0.05, 0) is 29.8 Å². The number of methoxy groups -OCH3 is 1. The van der Waals surface area contributed by atoms with Gasteiger partial charge < -0.3 is 9.47 Å². The average molecular weight is 352 g/mol. The van der Waals surface area contributed by atoms with Gasteiger partial charge >= 0.3 is 11.9 Å². The van der Waals surface area contributed by atoms with E-state index in [0.29, 0.717) is 5.56 Å². The maximum Gasteiger partial charge on any atom is 0.350 e. The summed E-state index contributed by atoms with van der Waals surface area (Å²) in [6.45, 7) is 0. The van der Waals surface area contributed by atoms with Crippen LogP contribution in [0.2, 0.25) is 0 Å². The van der Waals surface area contributed by atoms with Gasteiger partial charge in [0.25, 0.3) is 5.69 Å². The molecule has 2 aromatic carbocycles. The molecule has 8 heteroatoms. The number of esters is 2. The number of nitriles is 1. The molecule has 2 rings (SSSR count). The summed E-state index contributed by atoms with van der Waals surface area (Å²) in [6, 6.07) is 13.1. The van der Waals surface area contributed by atoms with Crippen molar-refractivity contribution in [3.63, 3.8) is 0 Å². The summed E-state index contributed by atoms with van der Waals surface area (Å²) in [7, 11) is 1.15. The lowest BCUT2D eigenvalue weighted by Crippen LogP contribution is -2.11. The Bertz CT molecular complexity index is 943. The third-order valence-electron chi connectivity index (χ3n) is 3.23. The van der Waals surface area contributed by atoms with Crippen molar-refractivity contribution in [3.8, 4) is 11.8 Å². The van der Waals surface area contributed by atoms with Crippen LogP contribution in [-0.2, 0) is 9.53 Å². The van der Waals surface area contributed by atoms with Gasteiger partial charge in [0.05, 0.1) is 12.0 Å². The third-order valence-corrected chi connectivity index (χ3v) is 3.23. The van der Waals surface area contributed by atoms with Gasteiger partial charge in [-0.1, -0.05) is 24.3 Å². The fraction of sp³-hybridized carbons (Fsp3) is 0.0556. The fourth-order valence-corrected chi connectivity index (χ4v) is 2.05. The Labute approximate surface area is 148 Å². The van der Waals surface area contributed by atoms with Crippen LogP contribution < -0.4 is 4.74 Å². The summed E-state index contributed by atoms with van der Waals surface area (Å²) in [5.41, 5.74) is -0.369. The number of hydrogen-bond donors (Lipinski definition) is 0. The maximum atomic E-state index is 12.2. The lowest BCUT2D eigenvalue weighted by atomic mass is 10.1. The zero-order valence-electron chi connectivity index (χ0n) is 13.5. The fourth-order valence-electron chi connectivity index (χ4n) is 2.05. The largest absolute Gasteiger partial charge is 0.465 e. The van der Waals surface area contributed by atoms with E-state index in [1.807, 2.05) is 0 Å². The maximum absolute atomic E-state index is 12.2. The minimum absolute atomic E-state index is 0.101. The van der Waals surface area contributed by atoms with E-state index in [1.165, 1.54) is 42.5 Å². The molecule has 26 heavy (non-hydrogen) atoms. The summed E-state index contributed by atoms with van der Waals surface area (Å²) in [5.74, 6) is -1.59. The van der Waals surface area contributed by atoms with E-state index < -0.39 is 16.9 Å². The summed E-state index contributed by atoms with van der Waals surface area (Å²) < 4.78 is 9.65. The highest BCUT2D eigenvalue weighted by molar-refractivity contribution is 5.98. The van der Waals surface area contributed by atoms with Crippen LogP contribution in [0.5, 0.6) is 5.75 Å². The standard InChI is InChI=1S/C18H12N2O6/c1-25-17(21)13(11-19)9-12-5-4-6-14(10-12)26-18(22)15-7-2-3-8-16(15)20(23)24/h2-10H,1H3. The molecule has 0 amide bonds. The first kappa shape index (κ1) is 18.4. The van der Waals surface area contributed by atoms with E-state index in [-0.39, 0.29) is 22.6 Å². The molecule has 2 aromatic rings. The zero-order valence-corrected chi connectivity index (χ0v) is 13.5. The third kappa shape index (κ3) is 4.30. The van der Waals surface area contributed by atoms with Gasteiger partial charge in [-0.2, -0.15) is 5.26 Å². The Morgan fingerprint density at radius 1 is 1.19 bits per heavy atom. The highest BCUT2D eigenvalue weighted by Gasteiger charge is 2.21. The number of carbonyl (C=O) groups excluding carboxylic acids is 2. The van der Waals surface area contributed by atoms with E-state index in [9.17, 15) is 19.7 Å². The topological polar surface area (TPSA) is 120 Å². The molecule has 0 heterocycles. The van der Waals surface area contributed by atoms with Crippen molar-refractivity contribution in [1.82, 2.24) is 0 Å². The van der Waals surface area contributed by atoms with Gasteiger partial charge in [-0.15, -0.1) is 0 Å². The molecule has 0 saturated carbocycles. The van der Waals surface area contributed by atoms with E-state index in [1.54, 1.807) is 18.2 Å². The van der Waals surface area contributed by atoms with Crippen molar-refractivity contribution in [3.05, 3.63) is 75.3 Å². The molecular formula is C18H12N2O6. The molecule has 8 nitrogen and oxygen atoms in total. The predicted octanol–water partition coefficient (Wildman–Crippen LogP) is 2.89. The molecule has 0 unspecified atom stereocenters. The Kier molecular flexibility index (Phi) is 5.79. The summed E-state index contributed by atoms with van der Waals surface area (Å²) >= 11 is 0. The van der Waals surface area contributed by atoms with Crippen molar-refractivity contribution < 1.29 is 24.0 Å². The Balaban J connectivity index is 2.28. The number of ether oxygens (including phenoxy) is 2. The molecule has 0 saturated heterocycles. The first-order valence-corrected chi connectivity index (χ1v) is 7.22. The molecule has 0 bridgehead atoms. The molecule has 0 atom stereocenters. The van der Waals surface area contributed by atoms with Crippen LogP contribution in [0.1, 0.15) is 15.9 Å². The number of para-hydroxylation sites is 1. The molecule has 0 radical (unpaired) electrons. The average Bonchev–Trinajstić information content (AvgIpc) is 2.65. The SMILES string of the molecule is COC(=O)C(C#N)=Cc1cccc(OC(=O)c2ccccc2[N+](=O)[O-])c1. The van der Waals surface area contributed by atoms with Gasteiger partial charge in [0.15, 0.2) is 0 Å². The molecule has 130 valence electrons. The minimum Gasteiger partial charge on any atom is -0.465 e. The Hall–Kier alpha value is -3.99. The van der Waals surface area contributed by atoms with Gasteiger partial charge in [-0.25, -0.2) is 9.59 Å². The molecule has 0 aliphatic rings. The van der Waals surface area contributed by atoms with Crippen LogP contribution in [0.25, 0.3) is 6.08 Å². The van der Waals surface area contributed by atoms with Crippen molar-refractivity contribution >= 4 is 23.7 Å². The lowest BCUT2D eigenvalue weighted by Gasteiger charge is -2.06. The number of nitrogens with zero attached hydrogens (tertiary/aromatic N) is 2. The molecule has 0 spiro atoms. The van der Waals surface area contributed by atoms with Crippen molar-refractivity contribution in [1.29, 1.82) is 5.26 Å². The van der Waals surface area contributed by atoms with E-state index in [2.05, 4.69) is 4.74 Å². The van der Waals surface area contributed by atoms with Crippen LogP contribution in [0, 0.1) is 21.4 Å². The molecule has 0 aliphatic heterocycles. The van der Waals surface area contributed by atoms with Crippen LogP contribution in [-0.4, -0.2) is 24.0 Å². The Morgan fingerprint density at radius 2 is 1.92 bits per heavy atom. The predicted molar refractivity (Wildman–Crippen MR) is 90.1 cm³/mol. The highest BCUT2D eigenvalue weighted by atomic mass is 16.6. The number of hydrogen-bond acceptors (Lipinski definition) is 7. The lowest BCUT2D eigenvalue weighted by molar-refractivity contribution is -0.385. The summed E-state index contributed by atoms with van der Waals surface area (Å²) in [5, 5.41) is 20.0. The first-order chi connectivity index (χ1) is 12.5. The monoisotopic (exact) mass is 352 g/mol. The van der Waals surface area contributed by atoms with Gasteiger partial charge in [0.2, 0.25) is 0 Å².